The largest absolute Gasteiger partial charge is 0.489 e. The minimum atomic E-state index is -3.56. The Kier molecular flexibility index (Phi) is 7.70. The summed E-state index contributed by atoms with van der Waals surface area (Å²) in [4.78, 5) is 18.9. The third-order valence-corrected chi connectivity index (χ3v) is 7.21. The van der Waals surface area contributed by atoms with E-state index in [1.54, 1.807) is 48.3 Å². The van der Waals surface area contributed by atoms with Crippen molar-refractivity contribution in [2.75, 3.05) is 34.3 Å². The van der Waals surface area contributed by atoms with Gasteiger partial charge in [0.25, 0.3) is 0 Å². The molecule has 1 heterocycles. The van der Waals surface area contributed by atoms with E-state index in [2.05, 4.69) is 4.98 Å². The average molecular weight is 477 g/mol. The predicted octanol–water partition coefficient (Wildman–Crippen LogP) is 2.92. The molecule has 0 atom stereocenters. The van der Waals surface area contributed by atoms with Crippen LogP contribution in [0.3, 0.4) is 0 Å². The minimum absolute atomic E-state index is 0.0854. The van der Waals surface area contributed by atoms with Gasteiger partial charge in [-0.05, 0) is 37.3 Å². The van der Waals surface area contributed by atoms with Crippen LogP contribution >= 0.6 is 0 Å². The number of ether oxygens (including phenoxy) is 1. The Morgan fingerprint density at radius 2 is 1.88 bits per heavy atom. The van der Waals surface area contributed by atoms with E-state index in [1.807, 2.05) is 11.5 Å². The van der Waals surface area contributed by atoms with E-state index >= 15 is 0 Å². The molecule has 0 unspecified atom stereocenters. The number of rotatable bonds is 10. The van der Waals surface area contributed by atoms with Crippen molar-refractivity contribution in [3.63, 3.8) is 0 Å². The molecule has 1 amide bonds. The molecule has 0 aliphatic heterocycles. The fourth-order valence-electron chi connectivity index (χ4n) is 3.46. The van der Waals surface area contributed by atoms with Crippen molar-refractivity contribution in [3.05, 3.63) is 54.1 Å². The molecule has 178 valence electrons. The van der Waals surface area contributed by atoms with Crippen molar-refractivity contribution in [1.29, 1.82) is 0 Å². The second kappa shape index (κ2) is 10.3. The maximum atomic E-state index is 13.6. The van der Waals surface area contributed by atoms with E-state index in [4.69, 9.17) is 4.74 Å². The first-order chi connectivity index (χ1) is 15.6. The first kappa shape index (κ1) is 24.7. The van der Waals surface area contributed by atoms with Gasteiger partial charge in [0.2, 0.25) is 15.9 Å². The van der Waals surface area contributed by atoms with Crippen LogP contribution in [0.4, 0.5) is 4.39 Å². The summed E-state index contributed by atoms with van der Waals surface area (Å²) in [5.41, 5.74) is 1.40. The summed E-state index contributed by atoms with van der Waals surface area (Å²) in [6, 6.07) is 11.0. The number of imidazole rings is 1. The Morgan fingerprint density at radius 1 is 1.15 bits per heavy atom. The molecule has 0 spiro atoms. The number of carbonyl (C=O) groups is 1. The fraction of sp³-hybridized carbons (Fsp3) is 0.391. The summed E-state index contributed by atoms with van der Waals surface area (Å²) in [5, 5.41) is 0. The van der Waals surface area contributed by atoms with Crippen molar-refractivity contribution in [2.45, 2.75) is 31.2 Å². The van der Waals surface area contributed by atoms with Crippen molar-refractivity contribution in [3.8, 4) is 5.75 Å². The lowest BCUT2D eigenvalue weighted by Crippen LogP contribution is -2.31. The number of amides is 1. The van der Waals surface area contributed by atoms with Crippen LogP contribution in [-0.2, 0) is 27.8 Å². The van der Waals surface area contributed by atoms with Crippen LogP contribution in [0, 0.1) is 5.82 Å². The maximum absolute atomic E-state index is 13.6. The number of aromatic nitrogens is 2. The molecule has 33 heavy (non-hydrogen) atoms. The van der Waals surface area contributed by atoms with Gasteiger partial charge in [0.15, 0.2) is 11.6 Å². The molecule has 0 N–H and O–H groups in total. The molecular formula is C23H29FN4O4S. The van der Waals surface area contributed by atoms with E-state index in [0.29, 0.717) is 25.0 Å². The van der Waals surface area contributed by atoms with E-state index in [-0.39, 0.29) is 29.6 Å². The molecule has 1 aromatic heterocycles. The summed E-state index contributed by atoms with van der Waals surface area (Å²) in [5.74, 6) is 0.353. The smallest absolute Gasteiger partial charge is 0.242 e. The lowest BCUT2D eigenvalue weighted by molar-refractivity contribution is -0.130. The van der Waals surface area contributed by atoms with Crippen LogP contribution in [0.15, 0.2) is 47.4 Å². The number of likely N-dealkylation sites (N-methyl/N-ethyl adjacent to an activating group) is 1. The first-order valence-electron chi connectivity index (χ1n) is 10.7. The third kappa shape index (κ3) is 5.51. The number of sulfonamides is 1. The van der Waals surface area contributed by atoms with Gasteiger partial charge in [0.05, 0.1) is 22.5 Å². The van der Waals surface area contributed by atoms with Gasteiger partial charge in [-0.1, -0.05) is 12.1 Å². The number of para-hydroxylation sites is 1. The van der Waals surface area contributed by atoms with E-state index in [0.717, 1.165) is 15.6 Å². The molecule has 2 aromatic carbocycles. The maximum Gasteiger partial charge on any atom is 0.242 e. The van der Waals surface area contributed by atoms with Crippen LogP contribution in [-0.4, -0.2) is 67.4 Å². The predicted molar refractivity (Wildman–Crippen MR) is 124 cm³/mol. The normalized spacial score (nSPS) is 11.8. The van der Waals surface area contributed by atoms with Gasteiger partial charge in [0.1, 0.15) is 12.4 Å². The highest BCUT2D eigenvalue weighted by atomic mass is 32.2. The van der Waals surface area contributed by atoms with Gasteiger partial charge in [-0.15, -0.1) is 0 Å². The van der Waals surface area contributed by atoms with Crippen LogP contribution < -0.4 is 4.74 Å². The SMILES string of the molecule is CCn1c(CCC(=O)N(C)CCOc2ccccc2F)nc2cc(S(=O)(=O)N(C)C)ccc21. The molecule has 3 aromatic rings. The van der Waals surface area contributed by atoms with E-state index in [9.17, 15) is 17.6 Å². The quantitative estimate of drug-likeness (QED) is 0.449. The zero-order chi connectivity index (χ0) is 24.2. The molecule has 0 bridgehead atoms. The standard InChI is InChI=1S/C23H29FN4O4S/c1-5-28-20-11-10-17(33(30,31)26(2)3)16-19(20)25-22(28)12-13-23(29)27(4)14-15-32-21-9-7-6-8-18(21)24/h6-11,16H,5,12-15H2,1-4H3. The molecule has 0 saturated heterocycles. The van der Waals surface area contributed by atoms with Gasteiger partial charge in [0, 0.05) is 40.5 Å². The molecule has 8 nitrogen and oxygen atoms in total. The molecular weight excluding hydrogens is 447 g/mol. The van der Waals surface area contributed by atoms with Crippen LogP contribution in [0.5, 0.6) is 5.75 Å². The van der Waals surface area contributed by atoms with Gasteiger partial charge in [-0.2, -0.15) is 0 Å². The Labute approximate surface area is 193 Å². The highest BCUT2D eigenvalue weighted by Crippen LogP contribution is 2.23. The Balaban J connectivity index is 1.64. The summed E-state index contributed by atoms with van der Waals surface area (Å²) < 4.78 is 47.0. The van der Waals surface area contributed by atoms with E-state index in [1.165, 1.54) is 20.2 Å². The number of nitrogens with zero attached hydrogens (tertiary/aromatic N) is 4. The van der Waals surface area contributed by atoms with Crippen molar-refractivity contribution >= 4 is 27.0 Å². The Morgan fingerprint density at radius 3 is 2.55 bits per heavy atom. The molecule has 0 aliphatic rings. The van der Waals surface area contributed by atoms with Gasteiger partial charge in [-0.25, -0.2) is 22.1 Å². The summed E-state index contributed by atoms with van der Waals surface area (Å²) in [6.07, 6.45) is 0.651. The lowest BCUT2D eigenvalue weighted by atomic mass is 10.2. The highest BCUT2D eigenvalue weighted by molar-refractivity contribution is 7.89. The molecule has 0 fully saturated rings. The van der Waals surface area contributed by atoms with Gasteiger partial charge >= 0.3 is 0 Å². The highest BCUT2D eigenvalue weighted by Gasteiger charge is 2.20. The zero-order valence-corrected chi connectivity index (χ0v) is 20.1. The monoisotopic (exact) mass is 476 g/mol. The number of aryl methyl sites for hydroxylation is 2. The van der Waals surface area contributed by atoms with Crippen molar-refractivity contribution < 1.29 is 22.3 Å². The summed E-state index contributed by atoms with van der Waals surface area (Å²) in [7, 11) is 1.09. The molecule has 0 saturated carbocycles. The van der Waals surface area contributed by atoms with E-state index < -0.39 is 15.8 Å². The summed E-state index contributed by atoms with van der Waals surface area (Å²) in [6.45, 7) is 3.12. The van der Waals surface area contributed by atoms with Crippen molar-refractivity contribution in [2.24, 2.45) is 0 Å². The lowest BCUT2D eigenvalue weighted by Gasteiger charge is -2.17. The second-order valence-corrected chi connectivity index (χ2v) is 9.96. The molecule has 10 heteroatoms. The number of hydrogen-bond acceptors (Lipinski definition) is 5. The molecule has 0 aliphatic carbocycles. The van der Waals surface area contributed by atoms with Crippen molar-refractivity contribution in [1.82, 2.24) is 18.8 Å². The minimum Gasteiger partial charge on any atom is -0.489 e. The average Bonchev–Trinajstić information content (AvgIpc) is 3.15. The zero-order valence-electron chi connectivity index (χ0n) is 19.3. The second-order valence-electron chi connectivity index (χ2n) is 7.80. The van der Waals surface area contributed by atoms with Gasteiger partial charge < -0.3 is 14.2 Å². The van der Waals surface area contributed by atoms with Gasteiger partial charge in [-0.3, -0.25) is 4.79 Å². The number of fused-ring (bicyclic) bond motifs is 1. The topological polar surface area (TPSA) is 84.7 Å². The number of halogens is 1. The van der Waals surface area contributed by atoms with Crippen LogP contribution in [0.25, 0.3) is 11.0 Å². The third-order valence-electron chi connectivity index (χ3n) is 5.40. The van der Waals surface area contributed by atoms with Crippen LogP contribution in [0.2, 0.25) is 0 Å². The Hall–Kier alpha value is -2.98. The Bertz CT molecular complexity index is 1240. The number of benzene rings is 2. The van der Waals surface area contributed by atoms with Crippen LogP contribution in [0.1, 0.15) is 19.2 Å². The number of carbonyl (C=O) groups excluding carboxylic acids is 1. The number of hydrogen-bond donors (Lipinski definition) is 0. The molecule has 0 radical (unpaired) electrons. The molecule has 3 rings (SSSR count). The first-order valence-corrected chi connectivity index (χ1v) is 12.1. The summed E-state index contributed by atoms with van der Waals surface area (Å²) >= 11 is 0. The fourth-order valence-corrected chi connectivity index (χ4v) is 4.39.